The SMILES string of the molecule is CCCCCCCCCCOCCCCCCCCCCOP(=O)([O-])OCC[N+](C)(C)C. The van der Waals surface area contributed by atoms with Crippen molar-refractivity contribution >= 4 is 7.82 Å². The monoisotopic (exact) mass is 479 g/mol. The first-order valence-corrected chi connectivity index (χ1v) is 14.7. The van der Waals surface area contributed by atoms with Crippen LogP contribution in [0.2, 0.25) is 0 Å². The third-order valence-electron chi connectivity index (χ3n) is 5.59. The van der Waals surface area contributed by atoms with Gasteiger partial charge < -0.3 is 23.2 Å². The van der Waals surface area contributed by atoms with E-state index in [1.807, 2.05) is 21.1 Å². The molecule has 0 aliphatic heterocycles. The summed E-state index contributed by atoms with van der Waals surface area (Å²) < 4.78 is 27.9. The number of unbranched alkanes of at least 4 members (excludes halogenated alkanes) is 14. The fourth-order valence-electron chi connectivity index (χ4n) is 3.45. The van der Waals surface area contributed by atoms with E-state index in [4.69, 9.17) is 13.8 Å². The minimum absolute atomic E-state index is 0.161. The zero-order chi connectivity index (χ0) is 24.0. The predicted molar refractivity (Wildman–Crippen MR) is 133 cm³/mol. The average Bonchev–Trinajstić information content (AvgIpc) is 2.71. The van der Waals surface area contributed by atoms with Crippen LogP contribution in [0.25, 0.3) is 0 Å². The molecule has 0 rings (SSSR count). The minimum atomic E-state index is -4.14. The van der Waals surface area contributed by atoms with E-state index in [-0.39, 0.29) is 13.2 Å². The van der Waals surface area contributed by atoms with Gasteiger partial charge in [0.05, 0.1) is 27.7 Å². The molecule has 0 radical (unpaired) electrons. The van der Waals surface area contributed by atoms with Crippen molar-refractivity contribution in [3.63, 3.8) is 0 Å². The van der Waals surface area contributed by atoms with Gasteiger partial charge in [0.15, 0.2) is 0 Å². The maximum Gasteiger partial charge on any atom is 0.268 e. The van der Waals surface area contributed by atoms with Crippen molar-refractivity contribution in [2.45, 2.75) is 110 Å². The Morgan fingerprint density at radius 3 is 1.41 bits per heavy atom. The van der Waals surface area contributed by atoms with Crippen LogP contribution in [0.1, 0.15) is 110 Å². The van der Waals surface area contributed by atoms with Crippen molar-refractivity contribution in [1.82, 2.24) is 0 Å². The molecule has 0 heterocycles. The second kappa shape index (κ2) is 21.6. The van der Waals surface area contributed by atoms with Gasteiger partial charge in [0, 0.05) is 13.2 Å². The molecule has 1 unspecified atom stereocenters. The van der Waals surface area contributed by atoms with E-state index in [9.17, 15) is 9.46 Å². The predicted octanol–water partition coefficient (Wildman–Crippen LogP) is 6.47. The van der Waals surface area contributed by atoms with Crippen LogP contribution in [0.4, 0.5) is 0 Å². The molecule has 1 atom stereocenters. The number of hydrogen-bond acceptors (Lipinski definition) is 5. The van der Waals surface area contributed by atoms with Gasteiger partial charge in [0.1, 0.15) is 13.2 Å². The topological polar surface area (TPSA) is 67.8 Å². The lowest BCUT2D eigenvalue weighted by atomic mass is 10.1. The number of likely N-dealkylation sites (N-methyl/N-ethyl adjacent to an activating group) is 1. The van der Waals surface area contributed by atoms with Gasteiger partial charge in [0.25, 0.3) is 7.82 Å². The van der Waals surface area contributed by atoms with E-state index in [1.165, 1.54) is 77.0 Å². The highest BCUT2D eigenvalue weighted by Crippen LogP contribution is 2.38. The molecule has 0 amide bonds. The smallest absolute Gasteiger partial charge is 0.268 e. The van der Waals surface area contributed by atoms with Gasteiger partial charge in [-0.3, -0.25) is 4.57 Å². The molecule has 0 N–H and O–H groups in total. The Bertz CT molecular complexity index is 443. The lowest BCUT2D eigenvalue weighted by Gasteiger charge is -2.27. The Balaban J connectivity index is 3.24. The molecule has 0 bridgehead atoms. The molecule has 0 spiro atoms. The molecule has 0 fully saturated rings. The number of rotatable bonds is 25. The number of nitrogens with zero attached hydrogens (tertiary/aromatic N) is 1. The molecule has 0 aromatic rings. The van der Waals surface area contributed by atoms with Crippen LogP contribution in [0.15, 0.2) is 0 Å². The highest BCUT2D eigenvalue weighted by Gasteiger charge is 2.12. The average molecular weight is 480 g/mol. The fraction of sp³-hybridized carbons (Fsp3) is 1.00. The summed E-state index contributed by atoms with van der Waals surface area (Å²) in [4.78, 5) is 11.7. The van der Waals surface area contributed by atoms with E-state index < -0.39 is 7.82 Å². The van der Waals surface area contributed by atoms with E-state index >= 15 is 0 Å². The normalized spacial score (nSPS) is 14.0. The molecule has 32 heavy (non-hydrogen) atoms. The minimum Gasteiger partial charge on any atom is -0.756 e. The Labute approximate surface area is 199 Å². The summed E-state index contributed by atoms with van der Waals surface area (Å²) in [5.41, 5.74) is 0. The zero-order valence-corrected chi connectivity index (χ0v) is 22.7. The Kier molecular flexibility index (Phi) is 21.6. The van der Waals surface area contributed by atoms with Gasteiger partial charge in [-0.25, -0.2) is 0 Å². The fourth-order valence-corrected chi connectivity index (χ4v) is 4.18. The zero-order valence-electron chi connectivity index (χ0n) is 21.8. The molecule has 0 aliphatic carbocycles. The summed E-state index contributed by atoms with van der Waals surface area (Å²) in [7, 11) is 1.83. The van der Waals surface area contributed by atoms with Gasteiger partial charge in [-0.2, -0.15) is 0 Å². The quantitative estimate of drug-likeness (QED) is 0.0852. The molecule has 6 nitrogen and oxygen atoms in total. The summed E-state index contributed by atoms with van der Waals surface area (Å²) in [6.45, 7) is 5.10. The molecule has 0 aliphatic rings. The molecular formula is C25H54NO5P. The van der Waals surface area contributed by atoms with Gasteiger partial charge in [-0.05, 0) is 19.3 Å². The number of ether oxygens (including phenoxy) is 1. The summed E-state index contributed by atoms with van der Waals surface area (Å²) in [6, 6.07) is 0. The van der Waals surface area contributed by atoms with Crippen molar-refractivity contribution in [3.05, 3.63) is 0 Å². The van der Waals surface area contributed by atoms with Crippen molar-refractivity contribution in [2.24, 2.45) is 0 Å². The summed E-state index contributed by atoms with van der Waals surface area (Å²) in [5, 5.41) is 0. The van der Waals surface area contributed by atoms with Crippen LogP contribution < -0.4 is 4.89 Å². The first kappa shape index (κ1) is 32.0. The van der Waals surface area contributed by atoms with Crippen LogP contribution in [0.3, 0.4) is 0 Å². The van der Waals surface area contributed by atoms with E-state index in [0.717, 1.165) is 38.9 Å². The Morgan fingerprint density at radius 2 is 0.969 bits per heavy atom. The molecule has 0 saturated heterocycles. The number of quaternary nitrogens is 1. The van der Waals surface area contributed by atoms with E-state index in [2.05, 4.69) is 6.92 Å². The van der Waals surface area contributed by atoms with Gasteiger partial charge in [-0.1, -0.05) is 90.4 Å². The Hall–Kier alpha value is 0.0300. The third-order valence-corrected chi connectivity index (χ3v) is 6.58. The number of hydrogen-bond donors (Lipinski definition) is 0. The van der Waals surface area contributed by atoms with Gasteiger partial charge in [0.2, 0.25) is 0 Å². The maximum absolute atomic E-state index is 11.7. The second-order valence-corrected chi connectivity index (χ2v) is 11.5. The molecule has 7 heteroatoms. The van der Waals surface area contributed by atoms with Crippen LogP contribution in [0, 0.1) is 0 Å². The highest BCUT2D eigenvalue weighted by atomic mass is 31.2. The van der Waals surface area contributed by atoms with Crippen LogP contribution in [-0.2, 0) is 18.3 Å². The molecule has 0 aromatic carbocycles. The van der Waals surface area contributed by atoms with E-state index in [1.54, 1.807) is 0 Å². The summed E-state index contributed by atoms with van der Waals surface area (Å²) in [6.07, 6.45) is 19.8. The summed E-state index contributed by atoms with van der Waals surface area (Å²) >= 11 is 0. The lowest BCUT2D eigenvalue weighted by Crippen LogP contribution is -2.37. The van der Waals surface area contributed by atoms with Crippen LogP contribution in [-0.4, -0.2) is 58.6 Å². The molecular weight excluding hydrogens is 425 g/mol. The first-order chi connectivity index (χ1) is 15.3. The number of phosphoric ester groups is 1. The standard InChI is InChI=1S/C25H54NO5P/c1-5-6-7-8-9-12-15-18-22-29-23-19-16-13-10-11-14-17-20-24-30-32(27,28)31-25-21-26(2,3)4/h5-25H2,1-4H3. The van der Waals surface area contributed by atoms with E-state index in [0.29, 0.717) is 11.0 Å². The van der Waals surface area contributed by atoms with Crippen LogP contribution >= 0.6 is 7.82 Å². The Morgan fingerprint density at radius 1 is 0.594 bits per heavy atom. The maximum atomic E-state index is 11.7. The third kappa shape index (κ3) is 26.3. The second-order valence-electron chi connectivity index (χ2n) is 10.0. The van der Waals surface area contributed by atoms with Crippen molar-refractivity contribution in [2.75, 3.05) is 54.1 Å². The summed E-state index contributed by atoms with van der Waals surface area (Å²) in [5.74, 6) is 0. The van der Waals surface area contributed by atoms with Gasteiger partial charge >= 0.3 is 0 Å². The molecule has 194 valence electrons. The largest absolute Gasteiger partial charge is 0.756 e. The molecule has 0 saturated carbocycles. The van der Waals surface area contributed by atoms with Crippen molar-refractivity contribution < 1.29 is 27.7 Å². The first-order valence-electron chi connectivity index (χ1n) is 13.2. The van der Waals surface area contributed by atoms with Gasteiger partial charge in [-0.15, -0.1) is 0 Å². The van der Waals surface area contributed by atoms with Crippen molar-refractivity contribution in [3.8, 4) is 0 Å². The number of phosphoric acid groups is 1. The molecule has 0 aromatic heterocycles. The lowest BCUT2D eigenvalue weighted by molar-refractivity contribution is -0.870. The highest BCUT2D eigenvalue weighted by molar-refractivity contribution is 7.45. The van der Waals surface area contributed by atoms with Crippen molar-refractivity contribution in [1.29, 1.82) is 0 Å². The van der Waals surface area contributed by atoms with Crippen LogP contribution in [0.5, 0.6) is 0 Å².